The van der Waals surface area contributed by atoms with Gasteiger partial charge < -0.3 is 5.73 Å². The van der Waals surface area contributed by atoms with Gasteiger partial charge in [0.2, 0.25) is 0 Å². The van der Waals surface area contributed by atoms with Crippen LogP contribution in [0, 0.1) is 13.8 Å². The van der Waals surface area contributed by atoms with E-state index in [0.717, 1.165) is 11.3 Å². The highest BCUT2D eigenvalue weighted by atomic mass is 14.6. The van der Waals surface area contributed by atoms with Gasteiger partial charge in [-0.05, 0) is 56.5 Å². The van der Waals surface area contributed by atoms with Crippen LogP contribution in [0.3, 0.4) is 0 Å². The van der Waals surface area contributed by atoms with Gasteiger partial charge in [0, 0.05) is 11.3 Å². The van der Waals surface area contributed by atoms with Crippen molar-refractivity contribution in [2.45, 2.75) is 27.7 Å². The van der Waals surface area contributed by atoms with Crippen LogP contribution < -0.4 is 5.73 Å². The van der Waals surface area contributed by atoms with Crippen LogP contribution in [0.2, 0.25) is 0 Å². The highest BCUT2D eigenvalue weighted by Crippen LogP contribution is 2.24. The predicted molar refractivity (Wildman–Crippen MR) is 59.7 cm³/mol. The third kappa shape index (κ3) is 1.92. The van der Waals surface area contributed by atoms with Gasteiger partial charge in [-0.25, -0.2) is 0 Å². The van der Waals surface area contributed by atoms with Crippen molar-refractivity contribution in [3.05, 3.63) is 34.9 Å². The molecule has 0 heterocycles. The molecule has 0 bridgehead atoms. The third-order valence-electron chi connectivity index (χ3n) is 2.52. The lowest BCUT2D eigenvalue weighted by Gasteiger charge is -2.09. The zero-order valence-electron chi connectivity index (χ0n) is 8.81. The fourth-order valence-corrected chi connectivity index (χ4v) is 1.34. The first-order valence-corrected chi connectivity index (χ1v) is 4.56. The molecule has 0 amide bonds. The second-order valence-corrected chi connectivity index (χ2v) is 3.50. The van der Waals surface area contributed by atoms with Gasteiger partial charge in [0.15, 0.2) is 0 Å². The fraction of sp³-hybridized carbons (Fsp3) is 0.333. The van der Waals surface area contributed by atoms with Gasteiger partial charge in [-0.1, -0.05) is 6.08 Å². The van der Waals surface area contributed by atoms with Crippen LogP contribution in [0.1, 0.15) is 30.5 Å². The van der Waals surface area contributed by atoms with E-state index in [-0.39, 0.29) is 0 Å². The van der Waals surface area contributed by atoms with E-state index in [1.807, 2.05) is 13.0 Å². The van der Waals surface area contributed by atoms with E-state index in [2.05, 4.69) is 32.9 Å². The number of benzene rings is 1. The molecule has 0 aliphatic rings. The van der Waals surface area contributed by atoms with Crippen LogP contribution in [0.4, 0.5) is 5.69 Å². The van der Waals surface area contributed by atoms with E-state index in [1.165, 1.54) is 16.7 Å². The Hall–Kier alpha value is -1.24. The Balaban J connectivity index is 3.32. The first-order chi connectivity index (χ1) is 6.06. The van der Waals surface area contributed by atoms with Crippen LogP contribution in [-0.4, -0.2) is 0 Å². The molecule has 1 aromatic rings. The molecule has 1 heteroatoms. The predicted octanol–water partition coefficient (Wildman–Crippen LogP) is 3.31. The van der Waals surface area contributed by atoms with Crippen molar-refractivity contribution in [3.8, 4) is 0 Å². The first kappa shape index (κ1) is 9.85. The lowest BCUT2D eigenvalue weighted by atomic mass is 9.99. The molecular weight excluding hydrogens is 158 g/mol. The Morgan fingerprint density at radius 2 is 1.77 bits per heavy atom. The summed E-state index contributed by atoms with van der Waals surface area (Å²) in [5.74, 6) is 0. The average molecular weight is 175 g/mol. The number of rotatable bonds is 1. The minimum Gasteiger partial charge on any atom is -0.398 e. The Kier molecular flexibility index (Phi) is 2.76. The van der Waals surface area contributed by atoms with Gasteiger partial charge in [-0.2, -0.15) is 0 Å². The fourth-order valence-electron chi connectivity index (χ4n) is 1.34. The van der Waals surface area contributed by atoms with Crippen LogP contribution in [0.25, 0.3) is 5.57 Å². The molecule has 0 unspecified atom stereocenters. The van der Waals surface area contributed by atoms with Crippen molar-refractivity contribution in [2.75, 3.05) is 5.73 Å². The maximum atomic E-state index is 5.93. The number of nitrogens with two attached hydrogens (primary N) is 1. The molecule has 2 N–H and O–H groups in total. The van der Waals surface area contributed by atoms with Crippen molar-refractivity contribution in [1.82, 2.24) is 0 Å². The van der Waals surface area contributed by atoms with Crippen LogP contribution in [0.5, 0.6) is 0 Å². The van der Waals surface area contributed by atoms with Crippen molar-refractivity contribution in [3.63, 3.8) is 0 Å². The van der Waals surface area contributed by atoms with Gasteiger partial charge in [0.05, 0.1) is 0 Å². The largest absolute Gasteiger partial charge is 0.398 e. The molecule has 0 aliphatic heterocycles. The molecule has 1 rings (SSSR count). The lowest BCUT2D eigenvalue weighted by molar-refractivity contribution is 1.33. The normalized spacial score (nSPS) is 11.8. The molecule has 0 fully saturated rings. The molecule has 0 atom stereocenters. The Morgan fingerprint density at radius 3 is 2.31 bits per heavy atom. The summed E-state index contributed by atoms with van der Waals surface area (Å²) >= 11 is 0. The van der Waals surface area contributed by atoms with Gasteiger partial charge in [-0.15, -0.1) is 0 Å². The summed E-state index contributed by atoms with van der Waals surface area (Å²) in [7, 11) is 0. The number of allylic oxidation sites excluding steroid dienone is 2. The second kappa shape index (κ2) is 3.65. The van der Waals surface area contributed by atoms with Crippen molar-refractivity contribution < 1.29 is 0 Å². The smallest absolute Gasteiger partial charge is 0.0393 e. The molecule has 0 spiro atoms. The summed E-state index contributed by atoms with van der Waals surface area (Å²) in [6, 6.07) is 4.19. The summed E-state index contributed by atoms with van der Waals surface area (Å²) < 4.78 is 0. The van der Waals surface area contributed by atoms with Gasteiger partial charge in [0.25, 0.3) is 0 Å². The monoisotopic (exact) mass is 175 g/mol. The van der Waals surface area contributed by atoms with Crippen molar-refractivity contribution in [2.24, 2.45) is 0 Å². The average Bonchev–Trinajstić information content (AvgIpc) is 2.10. The van der Waals surface area contributed by atoms with Crippen molar-refractivity contribution in [1.29, 1.82) is 0 Å². The SMILES string of the molecule is C/C=C(/C)c1cc(C)c(C)cc1N. The third-order valence-corrected chi connectivity index (χ3v) is 2.52. The summed E-state index contributed by atoms with van der Waals surface area (Å²) in [4.78, 5) is 0. The molecule has 0 radical (unpaired) electrons. The molecule has 1 nitrogen and oxygen atoms in total. The van der Waals surface area contributed by atoms with E-state index < -0.39 is 0 Å². The molecule has 1 aromatic carbocycles. The maximum absolute atomic E-state index is 5.93. The van der Waals surface area contributed by atoms with E-state index in [1.54, 1.807) is 0 Å². The number of nitrogen functional groups attached to an aromatic ring is 1. The minimum absolute atomic E-state index is 0.874. The molecule has 70 valence electrons. The van der Waals surface area contributed by atoms with E-state index in [9.17, 15) is 0 Å². The number of anilines is 1. The van der Waals surface area contributed by atoms with E-state index >= 15 is 0 Å². The molecule has 0 saturated heterocycles. The van der Waals surface area contributed by atoms with Gasteiger partial charge in [0.1, 0.15) is 0 Å². The Labute approximate surface area is 80.3 Å². The highest BCUT2D eigenvalue weighted by Gasteiger charge is 2.02. The lowest BCUT2D eigenvalue weighted by Crippen LogP contribution is -1.95. The zero-order valence-corrected chi connectivity index (χ0v) is 8.81. The quantitative estimate of drug-likeness (QED) is 0.651. The summed E-state index contributed by atoms with van der Waals surface area (Å²) in [6.07, 6.45) is 2.08. The highest BCUT2D eigenvalue weighted by molar-refractivity contribution is 5.74. The Bertz CT molecular complexity index is 348. The van der Waals surface area contributed by atoms with Gasteiger partial charge in [-0.3, -0.25) is 0 Å². The topological polar surface area (TPSA) is 26.0 Å². The van der Waals surface area contributed by atoms with Crippen LogP contribution >= 0.6 is 0 Å². The van der Waals surface area contributed by atoms with E-state index in [0.29, 0.717) is 0 Å². The first-order valence-electron chi connectivity index (χ1n) is 4.56. The molecule has 0 aliphatic carbocycles. The number of hydrogen-bond donors (Lipinski definition) is 1. The molecular formula is C12H17N. The van der Waals surface area contributed by atoms with Crippen LogP contribution in [-0.2, 0) is 0 Å². The molecule has 0 saturated carbocycles. The number of hydrogen-bond acceptors (Lipinski definition) is 1. The summed E-state index contributed by atoms with van der Waals surface area (Å²) in [5.41, 5.74) is 11.7. The molecule has 0 aromatic heterocycles. The minimum atomic E-state index is 0.874. The van der Waals surface area contributed by atoms with Crippen LogP contribution in [0.15, 0.2) is 18.2 Å². The zero-order chi connectivity index (χ0) is 10.0. The molecule has 13 heavy (non-hydrogen) atoms. The van der Waals surface area contributed by atoms with Gasteiger partial charge >= 0.3 is 0 Å². The standard InChI is InChI=1S/C12H17N/c1-5-8(2)11-6-9(3)10(4)7-12(11)13/h5-7H,13H2,1-4H3/b8-5-. The van der Waals surface area contributed by atoms with E-state index in [4.69, 9.17) is 5.73 Å². The number of aryl methyl sites for hydroxylation is 2. The summed E-state index contributed by atoms with van der Waals surface area (Å²) in [5, 5.41) is 0. The summed E-state index contributed by atoms with van der Waals surface area (Å²) in [6.45, 7) is 8.31. The van der Waals surface area contributed by atoms with Crippen molar-refractivity contribution >= 4 is 11.3 Å². The Morgan fingerprint density at radius 1 is 1.23 bits per heavy atom. The second-order valence-electron chi connectivity index (χ2n) is 3.50. The maximum Gasteiger partial charge on any atom is 0.0393 e.